The molecular weight excluding hydrogens is 286 g/mol. The summed E-state index contributed by atoms with van der Waals surface area (Å²) in [7, 11) is 3.62. The number of ether oxygens (including phenoxy) is 1. The van der Waals surface area contributed by atoms with Crippen molar-refractivity contribution in [3.63, 3.8) is 0 Å². The molecule has 0 bridgehead atoms. The van der Waals surface area contributed by atoms with Crippen molar-refractivity contribution in [2.75, 3.05) is 14.2 Å². The first-order chi connectivity index (χ1) is 10.1. The molecule has 2 aromatic rings. The van der Waals surface area contributed by atoms with Crippen molar-refractivity contribution < 1.29 is 4.74 Å². The second kappa shape index (κ2) is 6.96. The van der Waals surface area contributed by atoms with E-state index in [1.807, 2.05) is 23.9 Å². The zero-order valence-corrected chi connectivity index (χ0v) is 13.7. The van der Waals surface area contributed by atoms with Crippen molar-refractivity contribution in [1.82, 2.24) is 15.1 Å². The quantitative estimate of drug-likeness (QED) is 0.886. The second-order valence-electron chi connectivity index (χ2n) is 5.31. The molecule has 0 aliphatic carbocycles. The monoisotopic (exact) mass is 307 g/mol. The van der Waals surface area contributed by atoms with Crippen LogP contribution in [0.1, 0.15) is 37.2 Å². The predicted octanol–water partition coefficient (Wildman–Crippen LogP) is 3.63. The number of likely N-dealkylation sites (N-methyl/N-ethyl adjacent to an activating group) is 1. The Hall–Kier alpha value is -1.52. The van der Waals surface area contributed by atoms with Crippen LogP contribution in [0.15, 0.2) is 30.5 Å². The molecule has 0 radical (unpaired) electrons. The number of rotatable bonds is 6. The Morgan fingerprint density at radius 3 is 2.48 bits per heavy atom. The van der Waals surface area contributed by atoms with E-state index < -0.39 is 0 Å². The second-order valence-corrected chi connectivity index (χ2v) is 5.72. The minimum atomic E-state index is 0.121. The van der Waals surface area contributed by atoms with E-state index in [2.05, 4.69) is 36.4 Å². The van der Waals surface area contributed by atoms with Crippen LogP contribution in [-0.2, 0) is 6.42 Å². The maximum absolute atomic E-state index is 6.33. The largest absolute Gasteiger partial charge is 0.497 e. The van der Waals surface area contributed by atoms with Gasteiger partial charge in [-0.2, -0.15) is 5.10 Å². The highest BCUT2D eigenvalue weighted by atomic mass is 35.5. The number of methoxy groups -OCH3 is 1. The topological polar surface area (TPSA) is 39.1 Å². The van der Waals surface area contributed by atoms with Gasteiger partial charge >= 0.3 is 0 Å². The van der Waals surface area contributed by atoms with Gasteiger partial charge in [0, 0.05) is 6.04 Å². The molecule has 114 valence electrons. The smallest absolute Gasteiger partial charge is 0.118 e. The molecule has 0 spiro atoms. The standard InChI is InChI=1S/C16H22ClN3O/c1-11(2)20-16(14(17)10-19-20)15(18-3)9-12-5-7-13(21-4)8-6-12/h5-8,10-11,15,18H,9H2,1-4H3. The van der Waals surface area contributed by atoms with Crippen molar-refractivity contribution in [3.8, 4) is 5.75 Å². The Morgan fingerprint density at radius 1 is 1.29 bits per heavy atom. The summed E-state index contributed by atoms with van der Waals surface area (Å²) in [6.45, 7) is 4.21. The van der Waals surface area contributed by atoms with E-state index in [0.29, 0.717) is 5.02 Å². The summed E-state index contributed by atoms with van der Waals surface area (Å²) in [5, 5.41) is 8.42. The molecule has 2 rings (SSSR count). The van der Waals surface area contributed by atoms with Crippen molar-refractivity contribution in [1.29, 1.82) is 0 Å². The summed E-state index contributed by atoms with van der Waals surface area (Å²) < 4.78 is 7.17. The van der Waals surface area contributed by atoms with E-state index in [-0.39, 0.29) is 12.1 Å². The summed E-state index contributed by atoms with van der Waals surface area (Å²) in [6, 6.07) is 8.50. The number of benzene rings is 1. The Balaban J connectivity index is 2.25. The SMILES string of the molecule is CNC(Cc1ccc(OC)cc1)c1c(Cl)cnn1C(C)C. The minimum absolute atomic E-state index is 0.121. The summed E-state index contributed by atoms with van der Waals surface area (Å²) in [6.07, 6.45) is 2.56. The fraction of sp³-hybridized carbons (Fsp3) is 0.438. The highest BCUT2D eigenvalue weighted by Gasteiger charge is 2.20. The van der Waals surface area contributed by atoms with Crippen LogP contribution in [0.4, 0.5) is 0 Å². The minimum Gasteiger partial charge on any atom is -0.497 e. The average Bonchev–Trinajstić information content (AvgIpc) is 2.87. The molecule has 1 aromatic carbocycles. The molecule has 0 fully saturated rings. The lowest BCUT2D eigenvalue weighted by atomic mass is 10.0. The lowest BCUT2D eigenvalue weighted by Gasteiger charge is -2.20. The van der Waals surface area contributed by atoms with Gasteiger partial charge in [0.2, 0.25) is 0 Å². The average molecular weight is 308 g/mol. The Kier molecular flexibility index (Phi) is 5.26. The van der Waals surface area contributed by atoms with E-state index in [4.69, 9.17) is 16.3 Å². The number of hydrogen-bond acceptors (Lipinski definition) is 3. The molecule has 0 saturated carbocycles. The molecule has 0 aliphatic rings. The molecule has 1 unspecified atom stereocenters. The van der Waals surface area contributed by atoms with Gasteiger partial charge in [0.15, 0.2) is 0 Å². The Morgan fingerprint density at radius 2 is 1.95 bits per heavy atom. The highest BCUT2D eigenvalue weighted by molar-refractivity contribution is 6.31. The summed E-state index contributed by atoms with van der Waals surface area (Å²) >= 11 is 6.33. The maximum atomic E-state index is 6.33. The first kappa shape index (κ1) is 15.9. The van der Waals surface area contributed by atoms with Crippen molar-refractivity contribution >= 4 is 11.6 Å². The fourth-order valence-corrected chi connectivity index (χ4v) is 2.68. The predicted molar refractivity (Wildman–Crippen MR) is 86.1 cm³/mol. The van der Waals surface area contributed by atoms with Gasteiger partial charge in [-0.05, 0) is 45.0 Å². The summed E-state index contributed by atoms with van der Waals surface area (Å²) in [5.74, 6) is 0.866. The molecule has 1 N–H and O–H groups in total. The van der Waals surface area contributed by atoms with Crippen LogP contribution in [0.25, 0.3) is 0 Å². The molecule has 0 saturated heterocycles. The summed E-state index contributed by atoms with van der Waals surface area (Å²) in [5.41, 5.74) is 2.26. The number of nitrogens with zero attached hydrogens (tertiary/aromatic N) is 2. The first-order valence-corrected chi connectivity index (χ1v) is 7.47. The van der Waals surface area contributed by atoms with E-state index in [0.717, 1.165) is 17.9 Å². The van der Waals surface area contributed by atoms with Gasteiger partial charge in [-0.15, -0.1) is 0 Å². The zero-order chi connectivity index (χ0) is 15.4. The van der Waals surface area contributed by atoms with Crippen LogP contribution < -0.4 is 10.1 Å². The number of aromatic nitrogens is 2. The molecule has 1 atom stereocenters. The van der Waals surface area contributed by atoms with Gasteiger partial charge in [0.05, 0.1) is 30.1 Å². The Labute approximate surface area is 131 Å². The third kappa shape index (κ3) is 3.57. The Bertz CT molecular complexity index is 578. The fourth-order valence-electron chi connectivity index (χ4n) is 2.42. The number of halogens is 1. The molecule has 0 aliphatic heterocycles. The number of nitrogens with one attached hydrogen (secondary N) is 1. The van der Waals surface area contributed by atoms with Crippen LogP contribution in [0.3, 0.4) is 0 Å². The lowest BCUT2D eigenvalue weighted by molar-refractivity contribution is 0.414. The lowest BCUT2D eigenvalue weighted by Crippen LogP contribution is -2.23. The van der Waals surface area contributed by atoms with E-state index in [9.17, 15) is 0 Å². The molecule has 5 heteroatoms. The van der Waals surface area contributed by atoms with Crippen molar-refractivity contribution in [3.05, 3.63) is 46.7 Å². The molecule has 1 heterocycles. The van der Waals surface area contributed by atoms with E-state index in [1.165, 1.54) is 5.56 Å². The van der Waals surface area contributed by atoms with Gasteiger partial charge in [0.1, 0.15) is 5.75 Å². The molecular formula is C16H22ClN3O. The van der Waals surface area contributed by atoms with E-state index in [1.54, 1.807) is 13.3 Å². The van der Waals surface area contributed by atoms with Gasteiger partial charge < -0.3 is 10.1 Å². The third-order valence-electron chi connectivity index (χ3n) is 3.55. The normalized spacial score (nSPS) is 12.7. The highest BCUT2D eigenvalue weighted by Crippen LogP contribution is 2.28. The molecule has 21 heavy (non-hydrogen) atoms. The summed E-state index contributed by atoms with van der Waals surface area (Å²) in [4.78, 5) is 0. The van der Waals surface area contributed by atoms with Crippen LogP contribution in [-0.4, -0.2) is 23.9 Å². The molecule has 0 amide bonds. The van der Waals surface area contributed by atoms with E-state index >= 15 is 0 Å². The first-order valence-electron chi connectivity index (χ1n) is 7.10. The zero-order valence-electron chi connectivity index (χ0n) is 12.9. The van der Waals surface area contributed by atoms with Gasteiger partial charge in [-0.3, -0.25) is 4.68 Å². The van der Waals surface area contributed by atoms with Crippen LogP contribution in [0.2, 0.25) is 5.02 Å². The third-order valence-corrected chi connectivity index (χ3v) is 3.84. The van der Waals surface area contributed by atoms with Gasteiger partial charge in [0.25, 0.3) is 0 Å². The molecule has 4 nitrogen and oxygen atoms in total. The van der Waals surface area contributed by atoms with Crippen LogP contribution >= 0.6 is 11.6 Å². The molecule has 1 aromatic heterocycles. The van der Waals surface area contributed by atoms with Crippen molar-refractivity contribution in [2.24, 2.45) is 0 Å². The van der Waals surface area contributed by atoms with Gasteiger partial charge in [-0.25, -0.2) is 0 Å². The van der Waals surface area contributed by atoms with Crippen LogP contribution in [0, 0.1) is 0 Å². The number of hydrogen-bond donors (Lipinski definition) is 1. The van der Waals surface area contributed by atoms with Crippen molar-refractivity contribution in [2.45, 2.75) is 32.4 Å². The maximum Gasteiger partial charge on any atom is 0.118 e. The van der Waals surface area contributed by atoms with Crippen LogP contribution in [0.5, 0.6) is 5.75 Å². The van der Waals surface area contributed by atoms with Gasteiger partial charge in [-0.1, -0.05) is 23.7 Å².